The van der Waals surface area contributed by atoms with E-state index in [9.17, 15) is 9.90 Å². The Morgan fingerprint density at radius 2 is 2.04 bits per heavy atom. The van der Waals surface area contributed by atoms with Gasteiger partial charge in [0.05, 0.1) is 5.60 Å². The number of amides is 2. The van der Waals surface area contributed by atoms with Crippen molar-refractivity contribution in [3.8, 4) is 0 Å². The van der Waals surface area contributed by atoms with Gasteiger partial charge in [0.25, 0.3) is 0 Å². The molecule has 0 unspecified atom stereocenters. The molecule has 2 fully saturated rings. The van der Waals surface area contributed by atoms with Crippen LogP contribution in [0.5, 0.6) is 0 Å². The summed E-state index contributed by atoms with van der Waals surface area (Å²) in [5, 5.41) is 13.3. The maximum Gasteiger partial charge on any atom is 0.317 e. The second-order valence-corrected chi connectivity index (χ2v) is 7.69. The van der Waals surface area contributed by atoms with Gasteiger partial charge in [0, 0.05) is 39.3 Å². The maximum absolute atomic E-state index is 12.4. The van der Waals surface area contributed by atoms with Crippen molar-refractivity contribution in [1.29, 1.82) is 0 Å². The smallest absolute Gasteiger partial charge is 0.317 e. The molecule has 1 aliphatic carbocycles. The summed E-state index contributed by atoms with van der Waals surface area (Å²) in [7, 11) is 1.89. The third kappa shape index (κ3) is 4.95. The largest absolute Gasteiger partial charge is 0.390 e. The minimum Gasteiger partial charge on any atom is -0.390 e. The molecule has 1 heterocycles. The number of carbonyl (C=O) groups is 1. The summed E-state index contributed by atoms with van der Waals surface area (Å²) >= 11 is 0. The van der Waals surface area contributed by atoms with Crippen molar-refractivity contribution in [2.75, 3.05) is 26.7 Å². The lowest BCUT2D eigenvalue weighted by Crippen LogP contribution is -2.46. The number of benzene rings is 1. The summed E-state index contributed by atoms with van der Waals surface area (Å²) in [5.41, 5.74) is 0.770. The molecular weight excluding hydrogens is 314 g/mol. The van der Waals surface area contributed by atoms with Gasteiger partial charge in [-0.1, -0.05) is 43.2 Å². The van der Waals surface area contributed by atoms with E-state index in [1.807, 2.05) is 18.0 Å². The highest BCUT2D eigenvalue weighted by Crippen LogP contribution is 2.31. The van der Waals surface area contributed by atoms with Crippen LogP contribution in [0.1, 0.15) is 44.1 Å². The van der Waals surface area contributed by atoms with E-state index in [4.69, 9.17) is 0 Å². The first kappa shape index (κ1) is 18.2. The van der Waals surface area contributed by atoms with Crippen LogP contribution in [-0.2, 0) is 6.54 Å². The maximum atomic E-state index is 12.4. The number of nitrogens with zero attached hydrogens (tertiary/aromatic N) is 2. The number of urea groups is 1. The Balaban J connectivity index is 1.40. The van der Waals surface area contributed by atoms with E-state index in [2.05, 4.69) is 34.5 Å². The Morgan fingerprint density at radius 3 is 2.76 bits per heavy atom. The number of likely N-dealkylation sites (tertiary alicyclic amines) is 1. The van der Waals surface area contributed by atoms with E-state index in [1.54, 1.807) is 0 Å². The van der Waals surface area contributed by atoms with Crippen LogP contribution in [0.25, 0.3) is 0 Å². The van der Waals surface area contributed by atoms with Gasteiger partial charge in [-0.15, -0.1) is 0 Å². The minimum absolute atomic E-state index is 0.0202. The molecule has 1 atom stereocenters. The van der Waals surface area contributed by atoms with Gasteiger partial charge in [0.1, 0.15) is 0 Å². The Hall–Kier alpha value is -1.59. The summed E-state index contributed by atoms with van der Waals surface area (Å²) in [6, 6.07) is 10.7. The van der Waals surface area contributed by atoms with Crippen molar-refractivity contribution in [3.63, 3.8) is 0 Å². The molecule has 25 heavy (non-hydrogen) atoms. The SMILES string of the molecule is CN(C(=O)NCCC1(O)CCCC1)[C@@H]1CCN(Cc2ccccc2)C1. The molecule has 0 aromatic heterocycles. The lowest BCUT2D eigenvalue weighted by molar-refractivity contribution is 0.0395. The van der Waals surface area contributed by atoms with Crippen molar-refractivity contribution >= 4 is 6.03 Å². The third-order valence-corrected chi connectivity index (χ3v) is 5.77. The van der Waals surface area contributed by atoms with Crippen molar-refractivity contribution in [2.24, 2.45) is 0 Å². The predicted molar refractivity (Wildman–Crippen MR) is 99.3 cm³/mol. The summed E-state index contributed by atoms with van der Waals surface area (Å²) < 4.78 is 0. The van der Waals surface area contributed by atoms with Gasteiger partial charge in [-0.3, -0.25) is 4.90 Å². The fourth-order valence-corrected chi connectivity index (χ4v) is 4.09. The molecule has 0 spiro atoms. The molecule has 5 nitrogen and oxygen atoms in total. The fourth-order valence-electron chi connectivity index (χ4n) is 4.09. The molecule has 2 amide bonds. The number of aliphatic hydroxyl groups is 1. The number of hydrogen-bond acceptors (Lipinski definition) is 3. The summed E-state index contributed by atoms with van der Waals surface area (Å²) in [4.78, 5) is 16.6. The Labute approximate surface area is 151 Å². The quantitative estimate of drug-likeness (QED) is 0.833. The first-order valence-electron chi connectivity index (χ1n) is 9.55. The van der Waals surface area contributed by atoms with Gasteiger partial charge in [-0.2, -0.15) is 0 Å². The molecule has 2 N–H and O–H groups in total. The van der Waals surface area contributed by atoms with Crippen molar-refractivity contribution in [1.82, 2.24) is 15.1 Å². The molecule has 0 radical (unpaired) electrons. The van der Waals surface area contributed by atoms with Crippen LogP contribution in [0, 0.1) is 0 Å². The topological polar surface area (TPSA) is 55.8 Å². The summed E-state index contributed by atoms with van der Waals surface area (Å²) in [5.74, 6) is 0. The van der Waals surface area contributed by atoms with Crippen LogP contribution < -0.4 is 5.32 Å². The molecule has 3 rings (SSSR count). The van der Waals surface area contributed by atoms with E-state index in [1.165, 1.54) is 5.56 Å². The molecule has 1 aromatic carbocycles. The third-order valence-electron chi connectivity index (χ3n) is 5.77. The fraction of sp³-hybridized carbons (Fsp3) is 0.650. The van der Waals surface area contributed by atoms with Gasteiger partial charge in [0.2, 0.25) is 0 Å². The molecule has 1 aliphatic heterocycles. The van der Waals surface area contributed by atoms with Gasteiger partial charge in [0.15, 0.2) is 0 Å². The number of hydrogen-bond donors (Lipinski definition) is 2. The normalized spacial score (nSPS) is 22.9. The summed E-state index contributed by atoms with van der Waals surface area (Å²) in [6.45, 7) is 3.44. The average Bonchev–Trinajstić information content (AvgIpc) is 3.24. The van der Waals surface area contributed by atoms with Gasteiger partial charge < -0.3 is 15.3 Å². The lowest BCUT2D eigenvalue weighted by Gasteiger charge is -2.27. The van der Waals surface area contributed by atoms with Crippen molar-refractivity contribution in [2.45, 2.75) is 56.7 Å². The van der Waals surface area contributed by atoms with Gasteiger partial charge in [-0.25, -0.2) is 4.79 Å². The van der Waals surface area contributed by atoms with Crippen LogP contribution in [0.15, 0.2) is 30.3 Å². The van der Waals surface area contributed by atoms with Gasteiger partial charge >= 0.3 is 6.03 Å². The predicted octanol–water partition coefficient (Wildman–Crippen LogP) is 2.60. The lowest BCUT2D eigenvalue weighted by atomic mass is 9.98. The van der Waals surface area contributed by atoms with Crippen molar-refractivity contribution < 1.29 is 9.90 Å². The molecule has 0 bridgehead atoms. The molecule has 1 aromatic rings. The highest BCUT2D eigenvalue weighted by molar-refractivity contribution is 5.74. The van der Waals surface area contributed by atoms with Crippen LogP contribution in [0.4, 0.5) is 4.79 Å². The van der Waals surface area contributed by atoms with Crippen LogP contribution in [0.2, 0.25) is 0 Å². The van der Waals surface area contributed by atoms with Gasteiger partial charge in [-0.05, 0) is 31.2 Å². The van der Waals surface area contributed by atoms with E-state index in [-0.39, 0.29) is 12.1 Å². The first-order valence-corrected chi connectivity index (χ1v) is 9.55. The zero-order valence-electron chi connectivity index (χ0n) is 15.3. The van der Waals surface area contributed by atoms with E-state index < -0.39 is 5.60 Å². The first-order chi connectivity index (χ1) is 12.1. The molecule has 1 saturated heterocycles. The monoisotopic (exact) mass is 345 g/mol. The van der Waals surface area contributed by atoms with E-state index >= 15 is 0 Å². The second kappa shape index (κ2) is 8.19. The average molecular weight is 345 g/mol. The van der Waals surface area contributed by atoms with Crippen LogP contribution in [-0.4, -0.2) is 59.3 Å². The highest BCUT2D eigenvalue weighted by Gasteiger charge is 2.31. The molecule has 2 aliphatic rings. The standard InChI is InChI=1S/C20H31N3O2/c1-22(19(24)21-13-12-20(25)10-5-6-11-20)18-9-14-23(16-18)15-17-7-3-2-4-8-17/h2-4,7-8,18,25H,5-6,9-16H2,1H3,(H,21,24)/t18-/m1/s1. The number of likely N-dealkylation sites (N-methyl/N-ethyl adjacent to an activating group) is 1. The number of rotatable bonds is 6. The number of carbonyl (C=O) groups excluding carboxylic acids is 1. The zero-order valence-corrected chi connectivity index (χ0v) is 15.3. The second-order valence-electron chi connectivity index (χ2n) is 7.69. The van der Waals surface area contributed by atoms with Crippen molar-refractivity contribution in [3.05, 3.63) is 35.9 Å². The molecular formula is C20H31N3O2. The Morgan fingerprint density at radius 1 is 1.32 bits per heavy atom. The van der Waals surface area contributed by atoms with Crippen LogP contribution in [0.3, 0.4) is 0 Å². The Bertz CT molecular complexity index is 557. The zero-order chi connectivity index (χ0) is 17.7. The highest BCUT2D eigenvalue weighted by atomic mass is 16.3. The van der Waals surface area contributed by atoms with Crippen LogP contribution >= 0.6 is 0 Å². The summed E-state index contributed by atoms with van der Waals surface area (Å²) in [6.07, 6.45) is 5.62. The van der Waals surface area contributed by atoms with E-state index in [0.717, 1.165) is 51.7 Å². The molecule has 5 heteroatoms. The van der Waals surface area contributed by atoms with E-state index in [0.29, 0.717) is 13.0 Å². The number of nitrogens with one attached hydrogen (secondary N) is 1. The minimum atomic E-state index is -0.550. The molecule has 138 valence electrons. The molecule has 1 saturated carbocycles. The Kier molecular flexibility index (Phi) is 5.97.